The van der Waals surface area contributed by atoms with Crippen molar-refractivity contribution in [2.24, 2.45) is 11.8 Å². The Labute approximate surface area is 150 Å². The van der Waals surface area contributed by atoms with Crippen molar-refractivity contribution >= 4 is 28.9 Å². The van der Waals surface area contributed by atoms with E-state index >= 15 is 0 Å². The molecule has 0 unspecified atom stereocenters. The summed E-state index contributed by atoms with van der Waals surface area (Å²) in [6.45, 7) is 4.33. The summed E-state index contributed by atoms with van der Waals surface area (Å²) in [5.41, 5.74) is 3.16. The number of thiocarbonyl (C=S) groups is 1. The Morgan fingerprint density at radius 1 is 1.29 bits per heavy atom. The summed E-state index contributed by atoms with van der Waals surface area (Å²) < 4.78 is 0. The van der Waals surface area contributed by atoms with Gasteiger partial charge in [-0.05, 0) is 74.4 Å². The van der Waals surface area contributed by atoms with Gasteiger partial charge in [-0.15, -0.1) is 0 Å². The van der Waals surface area contributed by atoms with Crippen molar-refractivity contribution in [1.29, 1.82) is 0 Å². The summed E-state index contributed by atoms with van der Waals surface area (Å²) in [4.78, 5) is 14.2. The van der Waals surface area contributed by atoms with Gasteiger partial charge < -0.3 is 15.5 Å². The SMILES string of the molecule is Cc1cccc(NC(=O)CN(C)C(=S)N[C@@H]2C[C@H]3CC[C@H]2C3)c1C. The Kier molecular flexibility index (Phi) is 5.09. The number of carbonyl (C=O) groups excluding carboxylic acids is 1. The van der Waals surface area contributed by atoms with Crippen molar-refractivity contribution < 1.29 is 4.79 Å². The minimum Gasteiger partial charge on any atom is -0.360 e. The van der Waals surface area contributed by atoms with Crippen LogP contribution < -0.4 is 10.6 Å². The molecule has 0 aliphatic heterocycles. The van der Waals surface area contributed by atoms with E-state index < -0.39 is 0 Å². The van der Waals surface area contributed by atoms with E-state index in [1.165, 1.54) is 31.2 Å². The number of aryl methyl sites for hydroxylation is 1. The summed E-state index contributed by atoms with van der Waals surface area (Å²) in [7, 11) is 1.88. The molecular formula is C19H27N3OS. The van der Waals surface area contributed by atoms with Gasteiger partial charge in [-0.3, -0.25) is 4.79 Å². The van der Waals surface area contributed by atoms with Crippen molar-refractivity contribution in [3.05, 3.63) is 29.3 Å². The highest BCUT2D eigenvalue weighted by Crippen LogP contribution is 2.44. The maximum Gasteiger partial charge on any atom is 0.243 e. The van der Waals surface area contributed by atoms with E-state index in [0.717, 1.165) is 23.1 Å². The lowest BCUT2D eigenvalue weighted by molar-refractivity contribution is -0.116. The topological polar surface area (TPSA) is 44.4 Å². The van der Waals surface area contributed by atoms with Gasteiger partial charge in [-0.1, -0.05) is 18.6 Å². The Hall–Kier alpha value is -1.62. The van der Waals surface area contributed by atoms with E-state index in [9.17, 15) is 4.79 Å². The number of benzene rings is 1. The molecule has 130 valence electrons. The Morgan fingerprint density at radius 3 is 2.75 bits per heavy atom. The van der Waals surface area contributed by atoms with E-state index in [0.29, 0.717) is 11.2 Å². The van der Waals surface area contributed by atoms with Crippen molar-refractivity contribution in [2.45, 2.75) is 45.6 Å². The van der Waals surface area contributed by atoms with E-state index in [2.05, 4.69) is 10.6 Å². The number of nitrogens with zero attached hydrogens (tertiary/aromatic N) is 1. The molecular weight excluding hydrogens is 318 g/mol. The van der Waals surface area contributed by atoms with Crippen LogP contribution in [0.1, 0.15) is 36.8 Å². The molecule has 5 heteroatoms. The number of anilines is 1. The molecule has 1 aromatic carbocycles. The molecule has 2 fully saturated rings. The van der Waals surface area contributed by atoms with Crippen LogP contribution in [-0.4, -0.2) is 35.6 Å². The first-order chi connectivity index (χ1) is 11.4. The number of nitrogens with one attached hydrogen (secondary N) is 2. The Morgan fingerprint density at radius 2 is 2.08 bits per heavy atom. The van der Waals surface area contributed by atoms with Gasteiger partial charge in [0.25, 0.3) is 0 Å². The Bertz CT molecular complexity index is 645. The zero-order valence-corrected chi connectivity index (χ0v) is 15.6. The number of carbonyl (C=O) groups is 1. The largest absolute Gasteiger partial charge is 0.360 e. The van der Waals surface area contributed by atoms with Crippen LogP contribution in [0.2, 0.25) is 0 Å². The highest BCUT2D eigenvalue weighted by atomic mass is 32.1. The predicted octanol–water partition coefficient (Wildman–Crippen LogP) is 3.24. The molecule has 24 heavy (non-hydrogen) atoms. The maximum atomic E-state index is 12.3. The smallest absolute Gasteiger partial charge is 0.243 e. The van der Waals surface area contributed by atoms with Crippen LogP contribution in [0.3, 0.4) is 0 Å². The first-order valence-electron chi connectivity index (χ1n) is 8.81. The zero-order valence-electron chi connectivity index (χ0n) is 14.8. The second kappa shape index (κ2) is 7.09. The molecule has 4 nitrogen and oxygen atoms in total. The average molecular weight is 346 g/mol. The van der Waals surface area contributed by atoms with Crippen LogP contribution in [0.4, 0.5) is 5.69 Å². The molecule has 0 saturated heterocycles. The molecule has 2 aliphatic rings. The van der Waals surface area contributed by atoms with Crippen molar-refractivity contribution in [3.8, 4) is 0 Å². The van der Waals surface area contributed by atoms with Gasteiger partial charge in [0.1, 0.15) is 0 Å². The lowest BCUT2D eigenvalue weighted by atomic mass is 9.95. The average Bonchev–Trinajstić information content (AvgIpc) is 3.14. The van der Waals surface area contributed by atoms with Gasteiger partial charge in [-0.2, -0.15) is 0 Å². The predicted molar refractivity (Wildman–Crippen MR) is 102 cm³/mol. The molecule has 0 aromatic heterocycles. The lowest BCUT2D eigenvalue weighted by Gasteiger charge is -2.28. The quantitative estimate of drug-likeness (QED) is 0.823. The van der Waals surface area contributed by atoms with Gasteiger partial charge in [-0.25, -0.2) is 0 Å². The van der Waals surface area contributed by atoms with Crippen molar-refractivity contribution in [3.63, 3.8) is 0 Å². The number of likely N-dealkylation sites (N-methyl/N-ethyl adjacent to an activating group) is 1. The van der Waals surface area contributed by atoms with E-state index in [1.807, 2.05) is 44.0 Å². The molecule has 2 aliphatic carbocycles. The van der Waals surface area contributed by atoms with Crippen LogP contribution in [-0.2, 0) is 4.79 Å². The van der Waals surface area contributed by atoms with Gasteiger partial charge in [0.15, 0.2) is 5.11 Å². The fourth-order valence-electron chi connectivity index (χ4n) is 4.05. The molecule has 3 rings (SSSR count). The summed E-state index contributed by atoms with van der Waals surface area (Å²) in [6, 6.07) is 6.45. The first kappa shape index (κ1) is 17.2. The lowest BCUT2D eigenvalue weighted by Crippen LogP contribution is -2.47. The summed E-state index contributed by atoms with van der Waals surface area (Å²) in [6.07, 6.45) is 5.27. The number of hydrogen-bond donors (Lipinski definition) is 2. The van der Waals surface area contributed by atoms with Crippen LogP contribution in [0.5, 0.6) is 0 Å². The van der Waals surface area contributed by atoms with Gasteiger partial charge in [0.2, 0.25) is 5.91 Å². The second-order valence-electron chi connectivity index (χ2n) is 7.38. The fraction of sp³-hybridized carbons (Fsp3) is 0.579. The second-order valence-corrected chi connectivity index (χ2v) is 7.77. The van der Waals surface area contributed by atoms with Crippen LogP contribution >= 0.6 is 12.2 Å². The number of amides is 1. The van der Waals surface area contributed by atoms with Gasteiger partial charge in [0, 0.05) is 18.8 Å². The molecule has 3 atom stereocenters. The zero-order chi connectivity index (χ0) is 17.3. The molecule has 2 N–H and O–H groups in total. The molecule has 1 amide bonds. The number of fused-ring (bicyclic) bond motifs is 2. The van der Waals surface area contributed by atoms with Crippen LogP contribution in [0.15, 0.2) is 18.2 Å². The molecule has 0 heterocycles. The van der Waals surface area contributed by atoms with Crippen LogP contribution in [0, 0.1) is 25.7 Å². The van der Waals surface area contributed by atoms with E-state index in [1.54, 1.807) is 0 Å². The fourth-order valence-corrected chi connectivity index (χ4v) is 4.27. The summed E-state index contributed by atoms with van der Waals surface area (Å²) in [5.74, 6) is 1.61. The third kappa shape index (κ3) is 3.72. The third-order valence-corrected chi connectivity index (χ3v) is 6.08. The van der Waals surface area contributed by atoms with Gasteiger partial charge in [0.05, 0.1) is 6.54 Å². The first-order valence-corrected chi connectivity index (χ1v) is 9.22. The standard InChI is InChI=1S/C19H27N3OS/c1-12-5-4-6-16(13(12)2)20-18(23)11-22(3)19(24)21-17-10-14-7-8-15(17)9-14/h4-6,14-15,17H,7-11H2,1-3H3,(H,20,23)(H,21,24)/t14-,15-,17+/m0/s1. The number of hydrogen-bond acceptors (Lipinski definition) is 2. The molecule has 0 spiro atoms. The molecule has 2 bridgehead atoms. The highest BCUT2D eigenvalue weighted by Gasteiger charge is 2.39. The van der Waals surface area contributed by atoms with Crippen molar-refractivity contribution in [2.75, 3.05) is 18.9 Å². The van der Waals surface area contributed by atoms with Crippen molar-refractivity contribution in [1.82, 2.24) is 10.2 Å². The molecule has 0 radical (unpaired) electrons. The molecule has 2 saturated carbocycles. The third-order valence-electron chi connectivity index (χ3n) is 5.65. The van der Waals surface area contributed by atoms with Gasteiger partial charge >= 0.3 is 0 Å². The maximum absolute atomic E-state index is 12.3. The normalized spacial score (nSPS) is 24.7. The summed E-state index contributed by atoms with van der Waals surface area (Å²) in [5, 5.41) is 7.15. The van der Waals surface area contributed by atoms with Crippen LogP contribution in [0.25, 0.3) is 0 Å². The summed E-state index contributed by atoms with van der Waals surface area (Å²) >= 11 is 5.49. The number of rotatable bonds is 4. The minimum atomic E-state index is -0.0386. The minimum absolute atomic E-state index is 0.0386. The molecule has 1 aromatic rings. The monoisotopic (exact) mass is 345 g/mol. The highest BCUT2D eigenvalue weighted by molar-refractivity contribution is 7.80. The Balaban J connectivity index is 1.50. The van der Waals surface area contributed by atoms with E-state index in [4.69, 9.17) is 12.2 Å². The van der Waals surface area contributed by atoms with E-state index in [-0.39, 0.29) is 12.5 Å².